The molecule has 1 aliphatic carbocycles. The number of nitrogens with two attached hydrogens (primary N) is 1. The van der Waals surface area contributed by atoms with E-state index in [1.807, 2.05) is 24.3 Å². The molecule has 0 saturated heterocycles. The summed E-state index contributed by atoms with van der Waals surface area (Å²) in [7, 11) is 0. The monoisotopic (exact) mass is 237 g/mol. The van der Waals surface area contributed by atoms with Crippen LogP contribution in [0.15, 0.2) is 24.3 Å². The van der Waals surface area contributed by atoms with E-state index in [9.17, 15) is 4.79 Å². The third kappa shape index (κ3) is 3.32. The Hall–Kier alpha value is -0.860. The van der Waals surface area contributed by atoms with Gasteiger partial charge in [-0.25, -0.2) is 0 Å². The second kappa shape index (κ2) is 4.98. The van der Waals surface area contributed by atoms with Crippen LogP contribution in [0.25, 0.3) is 0 Å². The first-order valence-corrected chi connectivity index (χ1v) is 6.04. The van der Waals surface area contributed by atoms with Gasteiger partial charge in [-0.05, 0) is 36.5 Å². The average Bonchev–Trinajstić information content (AvgIpc) is 3.04. The van der Waals surface area contributed by atoms with Crippen molar-refractivity contribution < 1.29 is 4.79 Å². The van der Waals surface area contributed by atoms with Gasteiger partial charge in [0.05, 0.1) is 0 Å². The van der Waals surface area contributed by atoms with Gasteiger partial charge in [-0.2, -0.15) is 0 Å². The Labute approximate surface area is 101 Å². The van der Waals surface area contributed by atoms with Gasteiger partial charge in [0.2, 0.25) is 0 Å². The van der Waals surface area contributed by atoms with E-state index in [1.165, 1.54) is 12.8 Å². The van der Waals surface area contributed by atoms with Crippen LogP contribution in [0.3, 0.4) is 0 Å². The molecule has 1 fully saturated rings. The lowest BCUT2D eigenvalue weighted by molar-refractivity contribution is -0.118. The summed E-state index contributed by atoms with van der Waals surface area (Å²) in [5, 5.41) is 0.700. The van der Waals surface area contributed by atoms with Crippen molar-refractivity contribution in [2.45, 2.75) is 31.7 Å². The van der Waals surface area contributed by atoms with Gasteiger partial charge in [0.25, 0.3) is 0 Å². The Bertz CT molecular complexity index is 370. The molecular weight excluding hydrogens is 222 g/mol. The molecule has 1 aromatic rings. The maximum Gasteiger partial charge on any atom is 0.138 e. The van der Waals surface area contributed by atoms with E-state index in [4.69, 9.17) is 17.3 Å². The van der Waals surface area contributed by atoms with Crippen LogP contribution in [0.5, 0.6) is 0 Å². The normalized spacial score (nSPS) is 17.1. The molecule has 1 saturated carbocycles. The Morgan fingerprint density at radius 2 is 2.00 bits per heavy atom. The van der Waals surface area contributed by atoms with Crippen LogP contribution in [0.1, 0.15) is 24.8 Å². The van der Waals surface area contributed by atoms with E-state index in [-0.39, 0.29) is 11.8 Å². The van der Waals surface area contributed by atoms with Gasteiger partial charge < -0.3 is 5.73 Å². The molecule has 2 rings (SSSR count). The number of carbonyl (C=O) groups excluding carboxylic acids is 1. The van der Waals surface area contributed by atoms with Gasteiger partial charge in [-0.15, -0.1) is 0 Å². The first-order valence-electron chi connectivity index (χ1n) is 5.67. The topological polar surface area (TPSA) is 43.1 Å². The lowest BCUT2D eigenvalue weighted by atomic mass is 10.0. The highest BCUT2D eigenvalue weighted by molar-refractivity contribution is 6.30. The Balaban J connectivity index is 1.84. The molecule has 0 aromatic heterocycles. The molecule has 3 heteroatoms. The van der Waals surface area contributed by atoms with Crippen LogP contribution in [0.2, 0.25) is 5.02 Å². The third-order valence-corrected chi connectivity index (χ3v) is 3.26. The quantitative estimate of drug-likeness (QED) is 0.856. The van der Waals surface area contributed by atoms with Crippen molar-refractivity contribution >= 4 is 17.4 Å². The SMILES string of the molecule is NC(CC(=O)Cc1ccc(Cl)cc1)C1CC1. The highest BCUT2D eigenvalue weighted by Gasteiger charge is 2.29. The summed E-state index contributed by atoms with van der Waals surface area (Å²) in [5.41, 5.74) is 6.93. The number of hydrogen-bond acceptors (Lipinski definition) is 2. The Morgan fingerprint density at radius 1 is 1.38 bits per heavy atom. The maximum atomic E-state index is 11.7. The average molecular weight is 238 g/mol. The van der Waals surface area contributed by atoms with E-state index in [0.717, 1.165) is 5.56 Å². The van der Waals surface area contributed by atoms with Gasteiger partial charge >= 0.3 is 0 Å². The number of rotatable bonds is 5. The zero-order valence-electron chi connectivity index (χ0n) is 9.16. The number of hydrogen-bond donors (Lipinski definition) is 1. The molecule has 1 aromatic carbocycles. The molecule has 0 spiro atoms. The van der Waals surface area contributed by atoms with Crippen LogP contribution in [0, 0.1) is 5.92 Å². The Morgan fingerprint density at radius 3 is 2.56 bits per heavy atom. The molecule has 1 aliphatic rings. The van der Waals surface area contributed by atoms with Gasteiger partial charge in [0, 0.05) is 23.9 Å². The van der Waals surface area contributed by atoms with Crippen LogP contribution in [0.4, 0.5) is 0 Å². The van der Waals surface area contributed by atoms with Crippen LogP contribution in [-0.2, 0) is 11.2 Å². The van der Waals surface area contributed by atoms with Crippen molar-refractivity contribution in [1.82, 2.24) is 0 Å². The van der Waals surface area contributed by atoms with Crippen molar-refractivity contribution in [2.75, 3.05) is 0 Å². The van der Waals surface area contributed by atoms with E-state index in [0.29, 0.717) is 23.8 Å². The minimum absolute atomic E-state index is 0.0693. The molecule has 2 N–H and O–H groups in total. The lowest BCUT2D eigenvalue weighted by Gasteiger charge is -2.08. The first kappa shape index (κ1) is 11.6. The molecule has 16 heavy (non-hydrogen) atoms. The molecule has 0 bridgehead atoms. The fourth-order valence-corrected chi connectivity index (χ4v) is 1.98. The molecule has 0 heterocycles. The van der Waals surface area contributed by atoms with E-state index < -0.39 is 0 Å². The van der Waals surface area contributed by atoms with E-state index >= 15 is 0 Å². The summed E-state index contributed by atoms with van der Waals surface area (Å²) in [6.45, 7) is 0. The number of ketones is 1. The number of benzene rings is 1. The van der Waals surface area contributed by atoms with Crippen LogP contribution in [-0.4, -0.2) is 11.8 Å². The van der Waals surface area contributed by atoms with E-state index in [2.05, 4.69) is 0 Å². The first-order chi connectivity index (χ1) is 7.65. The second-order valence-corrected chi connectivity index (χ2v) is 4.98. The molecule has 0 radical (unpaired) electrons. The molecule has 86 valence electrons. The summed E-state index contributed by atoms with van der Waals surface area (Å²) in [5.74, 6) is 0.816. The van der Waals surface area contributed by atoms with E-state index in [1.54, 1.807) is 0 Å². The summed E-state index contributed by atoms with van der Waals surface area (Å²) in [6, 6.07) is 7.47. The van der Waals surface area contributed by atoms with Crippen molar-refractivity contribution in [3.8, 4) is 0 Å². The van der Waals surface area contributed by atoms with Crippen molar-refractivity contribution in [1.29, 1.82) is 0 Å². The fraction of sp³-hybridized carbons (Fsp3) is 0.462. The molecule has 1 atom stereocenters. The van der Waals surface area contributed by atoms with Gasteiger partial charge in [-0.1, -0.05) is 23.7 Å². The number of Topliss-reactive ketones (excluding diaryl/α,β-unsaturated/α-hetero) is 1. The summed E-state index contributed by atoms with van der Waals surface area (Å²) in [4.78, 5) is 11.7. The Kier molecular flexibility index (Phi) is 3.62. The number of carbonyl (C=O) groups is 1. The van der Waals surface area contributed by atoms with Gasteiger partial charge in [0.15, 0.2) is 0 Å². The van der Waals surface area contributed by atoms with Gasteiger partial charge in [-0.3, -0.25) is 4.79 Å². The molecule has 0 amide bonds. The zero-order chi connectivity index (χ0) is 11.5. The summed E-state index contributed by atoms with van der Waals surface area (Å²) >= 11 is 5.78. The van der Waals surface area contributed by atoms with Crippen LogP contribution < -0.4 is 5.73 Å². The third-order valence-electron chi connectivity index (χ3n) is 3.01. The molecule has 1 unspecified atom stereocenters. The van der Waals surface area contributed by atoms with Crippen LogP contribution >= 0.6 is 11.6 Å². The smallest absolute Gasteiger partial charge is 0.138 e. The fourth-order valence-electron chi connectivity index (χ4n) is 1.86. The largest absolute Gasteiger partial charge is 0.327 e. The molecule has 2 nitrogen and oxygen atoms in total. The predicted octanol–water partition coefficient (Wildman–Crippen LogP) is 2.58. The predicted molar refractivity (Wildman–Crippen MR) is 65.5 cm³/mol. The number of halogens is 1. The lowest BCUT2D eigenvalue weighted by Crippen LogP contribution is -2.26. The molecular formula is C13H16ClNO. The van der Waals surface area contributed by atoms with Crippen molar-refractivity contribution in [3.63, 3.8) is 0 Å². The zero-order valence-corrected chi connectivity index (χ0v) is 9.91. The summed E-state index contributed by atoms with van der Waals surface area (Å²) in [6.07, 6.45) is 3.36. The van der Waals surface area contributed by atoms with Crippen molar-refractivity contribution in [2.24, 2.45) is 11.7 Å². The summed E-state index contributed by atoms with van der Waals surface area (Å²) < 4.78 is 0. The standard InChI is InChI=1S/C13H16ClNO/c14-11-5-1-9(2-6-11)7-12(16)8-13(15)10-3-4-10/h1-2,5-6,10,13H,3-4,7-8,15H2. The minimum Gasteiger partial charge on any atom is -0.327 e. The second-order valence-electron chi connectivity index (χ2n) is 4.55. The van der Waals surface area contributed by atoms with Gasteiger partial charge in [0.1, 0.15) is 5.78 Å². The minimum atomic E-state index is 0.0693. The van der Waals surface area contributed by atoms with Crippen molar-refractivity contribution in [3.05, 3.63) is 34.9 Å². The molecule has 0 aliphatic heterocycles. The highest BCUT2D eigenvalue weighted by atomic mass is 35.5. The highest BCUT2D eigenvalue weighted by Crippen LogP contribution is 2.32. The maximum absolute atomic E-state index is 11.7.